The summed E-state index contributed by atoms with van der Waals surface area (Å²) in [6, 6.07) is 0. The average molecular weight is 154 g/mol. The molecule has 0 spiro atoms. The minimum atomic E-state index is -0.0227. The molecule has 3 nitrogen and oxygen atoms in total. The zero-order chi connectivity index (χ0) is 8.32. The van der Waals surface area contributed by atoms with Gasteiger partial charge in [-0.05, 0) is 12.8 Å². The van der Waals surface area contributed by atoms with Crippen LogP contribution >= 0.6 is 0 Å². The van der Waals surface area contributed by atoms with Crippen LogP contribution in [-0.4, -0.2) is 12.1 Å². The molecule has 0 radical (unpaired) electrons. The Labute approximate surface area is 66.9 Å². The number of hydrogen-bond acceptors (Lipinski definition) is 2. The van der Waals surface area contributed by atoms with Gasteiger partial charge < -0.3 is 0 Å². The van der Waals surface area contributed by atoms with Gasteiger partial charge in [0.05, 0.1) is 0 Å². The lowest BCUT2D eigenvalue weighted by Gasteiger charge is -1.97. The minimum absolute atomic E-state index is 0.0227. The van der Waals surface area contributed by atoms with Crippen molar-refractivity contribution < 1.29 is 4.79 Å². The fraction of sp³-hybridized carbons (Fsp3) is 0.750. The van der Waals surface area contributed by atoms with Crippen molar-refractivity contribution in [2.24, 2.45) is 10.5 Å². The Bertz CT molecular complexity index is 183. The molecule has 0 saturated heterocycles. The Morgan fingerprint density at radius 3 is 2.82 bits per heavy atom. The van der Waals surface area contributed by atoms with E-state index in [0.29, 0.717) is 6.42 Å². The number of nitrogens with one attached hydrogen (secondary N) is 1. The Balaban J connectivity index is 2.20. The Hall–Kier alpha value is -0.860. The van der Waals surface area contributed by atoms with Crippen LogP contribution in [0.25, 0.3) is 0 Å². The Kier molecular flexibility index (Phi) is 2.27. The lowest BCUT2D eigenvalue weighted by atomic mass is 10.2. The molecule has 0 aromatic heterocycles. The van der Waals surface area contributed by atoms with E-state index in [2.05, 4.69) is 17.5 Å². The van der Waals surface area contributed by atoms with E-state index in [1.807, 2.05) is 13.1 Å². The van der Waals surface area contributed by atoms with Crippen LogP contribution in [0.5, 0.6) is 0 Å². The van der Waals surface area contributed by atoms with Gasteiger partial charge >= 0.3 is 0 Å². The van der Waals surface area contributed by atoms with Gasteiger partial charge in [-0.2, -0.15) is 5.10 Å². The molecular weight excluding hydrogens is 140 g/mol. The molecule has 3 heteroatoms. The van der Waals surface area contributed by atoms with E-state index in [0.717, 1.165) is 0 Å². The summed E-state index contributed by atoms with van der Waals surface area (Å²) >= 11 is 0. The van der Waals surface area contributed by atoms with E-state index in [4.69, 9.17) is 0 Å². The Morgan fingerprint density at radius 2 is 2.36 bits per heavy atom. The van der Waals surface area contributed by atoms with E-state index < -0.39 is 0 Å². The SMILES string of the molecule is CCC(=O)N/N=C/C1(C)CC1. The van der Waals surface area contributed by atoms with Gasteiger partial charge in [0, 0.05) is 18.1 Å². The highest BCUT2D eigenvalue weighted by Crippen LogP contribution is 2.42. The van der Waals surface area contributed by atoms with Crippen molar-refractivity contribution in [3.63, 3.8) is 0 Å². The summed E-state index contributed by atoms with van der Waals surface area (Å²) in [6.45, 7) is 3.94. The summed E-state index contributed by atoms with van der Waals surface area (Å²) in [5, 5.41) is 3.85. The molecule has 0 aromatic rings. The second-order valence-corrected chi connectivity index (χ2v) is 3.30. The summed E-state index contributed by atoms with van der Waals surface area (Å²) < 4.78 is 0. The average Bonchev–Trinajstić information content (AvgIpc) is 2.68. The van der Waals surface area contributed by atoms with Gasteiger partial charge in [-0.1, -0.05) is 13.8 Å². The molecule has 11 heavy (non-hydrogen) atoms. The van der Waals surface area contributed by atoms with E-state index in [1.165, 1.54) is 12.8 Å². The normalized spacial score (nSPS) is 20.2. The summed E-state index contributed by atoms with van der Waals surface area (Å²) in [6.07, 6.45) is 4.71. The molecular formula is C8H14N2O. The van der Waals surface area contributed by atoms with Crippen molar-refractivity contribution in [1.82, 2.24) is 5.43 Å². The number of hydrogen-bond donors (Lipinski definition) is 1. The molecule has 1 aliphatic carbocycles. The second kappa shape index (κ2) is 3.03. The number of rotatable bonds is 3. The van der Waals surface area contributed by atoms with Crippen LogP contribution in [0.1, 0.15) is 33.1 Å². The number of carbonyl (C=O) groups is 1. The number of carbonyl (C=O) groups excluding carboxylic acids is 1. The van der Waals surface area contributed by atoms with Crippen LogP contribution in [0.3, 0.4) is 0 Å². The lowest BCUT2D eigenvalue weighted by Crippen LogP contribution is -2.16. The van der Waals surface area contributed by atoms with Crippen molar-refractivity contribution in [2.45, 2.75) is 33.1 Å². The zero-order valence-corrected chi connectivity index (χ0v) is 7.05. The molecule has 62 valence electrons. The minimum Gasteiger partial charge on any atom is -0.273 e. The lowest BCUT2D eigenvalue weighted by molar-refractivity contribution is -0.120. The molecule has 1 rings (SSSR count). The van der Waals surface area contributed by atoms with Crippen LogP contribution in [-0.2, 0) is 4.79 Å². The first-order valence-corrected chi connectivity index (χ1v) is 3.99. The predicted octanol–water partition coefficient (Wildman–Crippen LogP) is 1.30. The van der Waals surface area contributed by atoms with E-state index in [1.54, 1.807) is 0 Å². The van der Waals surface area contributed by atoms with Crippen molar-refractivity contribution in [3.05, 3.63) is 0 Å². The fourth-order valence-electron chi connectivity index (χ4n) is 0.665. The Morgan fingerprint density at radius 1 is 1.73 bits per heavy atom. The third kappa shape index (κ3) is 2.70. The van der Waals surface area contributed by atoms with Crippen LogP contribution in [0.4, 0.5) is 0 Å². The van der Waals surface area contributed by atoms with E-state index >= 15 is 0 Å². The largest absolute Gasteiger partial charge is 0.273 e. The number of nitrogens with zero attached hydrogens (tertiary/aromatic N) is 1. The van der Waals surface area contributed by atoms with Crippen LogP contribution in [0, 0.1) is 5.41 Å². The maximum Gasteiger partial charge on any atom is 0.239 e. The first-order chi connectivity index (χ1) is 5.16. The molecule has 1 aliphatic rings. The second-order valence-electron chi connectivity index (χ2n) is 3.30. The molecule has 0 unspecified atom stereocenters. The molecule has 1 fully saturated rings. The molecule has 0 atom stereocenters. The quantitative estimate of drug-likeness (QED) is 0.483. The summed E-state index contributed by atoms with van der Waals surface area (Å²) in [4.78, 5) is 10.7. The third-order valence-corrected chi connectivity index (χ3v) is 1.93. The molecule has 1 N–H and O–H groups in total. The maximum atomic E-state index is 10.7. The van der Waals surface area contributed by atoms with Crippen molar-refractivity contribution in [1.29, 1.82) is 0 Å². The van der Waals surface area contributed by atoms with E-state index in [-0.39, 0.29) is 11.3 Å². The summed E-state index contributed by atoms with van der Waals surface area (Å²) in [5.41, 5.74) is 2.74. The predicted molar refractivity (Wildman–Crippen MR) is 44.3 cm³/mol. The van der Waals surface area contributed by atoms with Crippen molar-refractivity contribution >= 4 is 12.1 Å². The number of amides is 1. The summed E-state index contributed by atoms with van der Waals surface area (Å²) in [7, 11) is 0. The fourth-order valence-corrected chi connectivity index (χ4v) is 0.665. The first kappa shape index (κ1) is 8.24. The van der Waals surface area contributed by atoms with Gasteiger partial charge in [-0.3, -0.25) is 4.79 Å². The zero-order valence-electron chi connectivity index (χ0n) is 7.05. The van der Waals surface area contributed by atoms with Gasteiger partial charge in [-0.25, -0.2) is 5.43 Å². The van der Waals surface area contributed by atoms with Gasteiger partial charge in [0.1, 0.15) is 0 Å². The van der Waals surface area contributed by atoms with Gasteiger partial charge in [-0.15, -0.1) is 0 Å². The molecule has 0 bridgehead atoms. The first-order valence-electron chi connectivity index (χ1n) is 3.99. The molecule has 0 aromatic carbocycles. The van der Waals surface area contributed by atoms with Gasteiger partial charge in [0.2, 0.25) is 5.91 Å². The number of hydrazone groups is 1. The highest BCUT2D eigenvalue weighted by molar-refractivity contribution is 5.77. The smallest absolute Gasteiger partial charge is 0.239 e. The van der Waals surface area contributed by atoms with Gasteiger partial charge in [0.15, 0.2) is 0 Å². The van der Waals surface area contributed by atoms with Gasteiger partial charge in [0.25, 0.3) is 0 Å². The highest BCUT2D eigenvalue weighted by atomic mass is 16.2. The monoisotopic (exact) mass is 154 g/mol. The van der Waals surface area contributed by atoms with Crippen molar-refractivity contribution in [2.75, 3.05) is 0 Å². The highest BCUT2D eigenvalue weighted by Gasteiger charge is 2.35. The van der Waals surface area contributed by atoms with Crippen LogP contribution < -0.4 is 5.43 Å². The van der Waals surface area contributed by atoms with Crippen LogP contribution in [0.2, 0.25) is 0 Å². The standard InChI is InChI=1S/C8H14N2O/c1-3-7(11)10-9-6-8(2)4-5-8/h6H,3-5H2,1-2H3,(H,10,11)/b9-6+. The molecule has 0 aliphatic heterocycles. The van der Waals surface area contributed by atoms with E-state index in [9.17, 15) is 4.79 Å². The molecule has 1 amide bonds. The summed E-state index contributed by atoms with van der Waals surface area (Å²) in [5.74, 6) is -0.0227. The molecule has 1 saturated carbocycles. The topological polar surface area (TPSA) is 41.5 Å². The third-order valence-electron chi connectivity index (χ3n) is 1.93. The molecule has 0 heterocycles. The van der Waals surface area contributed by atoms with Crippen LogP contribution in [0.15, 0.2) is 5.10 Å². The maximum absolute atomic E-state index is 10.7. The van der Waals surface area contributed by atoms with Crippen molar-refractivity contribution in [3.8, 4) is 0 Å².